The van der Waals surface area contributed by atoms with Gasteiger partial charge in [-0.25, -0.2) is 26.4 Å². The van der Waals surface area contributed by atoms with Crippen LogP contribution in [-0.4, -0.2) is 73.9 Å². The number of carboxylic acids is 1. The van der Waals surface area contributed by atoms with Crippen LogP contribution in [0.3, 0.4) is 0 Å². The standard InChI is InChI=1S/C32H27F9N2O6S/c33-22-8-10-23(11-9-22)50(47,48)29(13-15-43(18-29)28(46)42-14-12-19(16-42)27(44)45)20-4-6-21(7-5-20)30(31(36,37)38,32(39,40)41)49-17-24-25(34)2-1-3-26(24)35/h1-11,19H,12-18H2,(H,44,45)/t19?,29-/m0/s1. The Morgan fingerprint density at radius 1 is 0.840 bits per heavy atom. The zero-order valence-electron chi connectivity index (χ0n) is 25.6. The lowest BCUT2D eigenvalue weighted by Crippen LogP contribution is -2.56. The van der Waals surface area contributed by atoms with E-state index < -0.39 is 104 Å². The van der Waals surface area contributed by atoms with Gasteiger partial charge in [-0.15, -0.1) is 0 Å². The van der Waals surface area contributed by atoms with Crippen LogP contribution in [0, 0.1) is 23.4 Å². The van der Waals surface area contributed by atoms with Crippen molar-refractivity contribution < 1.29 is 67.4 Å². The highest BCUT2D eigenvalue weighted by Crippen LogP contribution is 2.54. The summed E-state index contributed by atoms with van der Waals surface area (Å²) in [6.07, 6.45) is -12.8. The third-order valence-corrected chi connectivity index (χ3v) is 11.5. The Hall–Kier alpha value is -4.32. The number of hydrogen-bond donors (Lipinski definition) is 1. The average molecular weight is 739 g/mol. The summed E-state index contributed by atoms with van der Waals surface area (Å²) < 4.78 is 160. The Bertz CT molecular complexity index is 1830. The minimum atomic E-state index is -6.26. The molecular formula is C32H27F9N2O6S. The van der Waals surface area contributed by atoms with Gasteiger partial charge >= 0.3 is 24.4 Å². The summed E-state index contributed by atoms with van der Waals surface area (Å²) in [5, 5.41) is 9.32. The van der Waals surface area contributed by atoms with Crippen molar-refractivity contribution in [1.29, 1.82) is 0 Å². The number of amides is 2. The van der Waals surface area contributed by atoms with E-state index in [0.29, 0.717) is 36.4 Å². The maximum absolute atomic E-state index is 14.5. The molecule has 1 unspecified atom stereocenters. The molecule has 50 heavy (non-hydrogen) atoms. The average Bonchev–Trinajstić information content (AvgIpc) is 3.71. The molecule has 270 valence electrons. The van der Waals surface area contributed by atoms with Crippen molar-refractivity contribution in [2.24, 2.45) is 5.92 Å². The van der Waals surface area contributed by atoms with Crippen molar-refractivity contribution in [2.75, 3.05) is 26.2 Å². The summed E-state index contributed by atoms with van der Waals surface area (Å²) in [5.74, 6) is -5.75. The number of aliphatic carboxylic acids is 1. The second-order valence-electron chi connectivity index (χ2n) is 11.9. The number of nitrogens with zero attached hydrogens (tertiary/aromatic N) is 2. The fraction of sp³-hybridized carbons (Fsp3) is 0.375. The van der Waals surface area contributed by atoms with E-state index in [0.717, 1.165) is 35.2 Å². The van der Waals surface area contributed by atoms with Crippen molar-refractivity contribution >= 4 is 21.8 Å². The number of alkyl halides is 6. The lowest BCUT2D eigenvalue weighted by Gasteiger charge is -2.38. The first-order valence-corrected chi connectivity index (χ1v) is 16.3. The smallest absolute Gasteiger partial charge is 0.430 e. The minimum absolute atomic E-state index is 0.0342. The van der Waals surface area contributed by atoms with Crippen LogP contribution >= 0.6 is 0 Å². The number of hydrogen-bond acceptors (Lipinski definition) is 5. The van der Waals surface area contributed by atoms with Gasteiger partial charge in [0.15, 0.2) is 9.84 Å². The van der Waals surface area contributed by atoms with Crippen LogP contribution in [0.4, 0.5) is 44.3 Å². The molecule has 2 saturated heterocycles. The first-order valence-electron chi connectivity index (χ1n) is 14.8. The first kappa shape index (κ1) is 36.9. The molecule has 2 atom stereocenters. The van der Waals surface area contributed by atoms with Gasteiger partial charge in [0.2, 0.25) is 0 Å². The van der Waals surface area contributed by atoms with Gasteiger partial charge in [-0.05, 0) is 54.8 Å². The van der Waals surface area contributed by atoms with Gasteiger partial charge in [-0.3, -0.25) is 4.79 Å². The molecule has 0 bridgehead atoms. The van der Waals surface area contributed by atoms with Crippen molar-refractivity contribution in [1.82, 2.24) is 9.80 Å². The van der Waals surface area contributed by atoms with Crippen LogP contribution in [0.25, 0.3) is 0 Å². The van der Waals surface area contributed by atoms with Crippen molar-refractivity contribution in [3.63, 3.8) is 0 Å². The summed E-state index contributed by atoms with van der Waals surface area (Å²) in [6.45, 7) is -2.84. The Morgan fingerprint density at radius 2 is 1.42 bits per heavy atom. The summed E-state index contributed by atoms with van der Waals surface area (Å²) in [5.41, 5.74) is -8.25. The maximum atomic E-state index is 14.5. The Morgan fingerprint density at radius 3 is 1.94 bits per heavy atom. The molecule has 18 heteroatoms. The molecule has 0 aliphatic carbocycles. The van der Waals surface area contributed by atoms with Crippen LogP contribution in [0.1, 0.15) is 29.5 Å². The molecule has 3 aromatic rings. The number of likely N-dealkylation sites (tertiary alicyclic amines) is 2. The van der Waals surface area contributed by atoms with Gasteiger partial charge in [-0.2, -0.15) is 26.3 Å². The molecule has 2 aliphatic heterocycles. The molecule has 0 radical (unpaired) electrons. The van der Waals surface area contributed by atoms with Gasteiger partial charge in [-0.1, -0.05) is 30.3 Å². The van der Waals surface area contributed by atoms with Gasteiger partial charge in [0, 0.05) is 37.3 Å². The number of sulfone groups is 1. The highest BCUT2D eigenvalue weighted by Gasteiger charge is 2.73. The predicted molar refractivity (Wildman–Crippen MR) is 156 cm³/mol. The third kappa shape index (κ3) is 6.27. The lowest BCUT2D eigenvalue weighted by atomic mass is 9.88. The molecule has 5 rings (SSSR count). The molecule has 3 aromatic carbocycles. The summed E-state index contributed by atoms with van der Waals surface area (Å²) >= 11 is 0. The van der Waals surface area contributed by atoms with E-state index in [1.807, 2.05) is 0 Å². The van der Waals surface area contributed by atoms with E-state index >= 15 is 0 Å². The number of halogens is 9. The van der Waals surface area contributed by atoms with Crippen molar-refractivity contribution in [3.05, 3.63) is 101 Å². The largest absolute Gasteiger partial charge is 0.481 e. The first-order chi connectivity index (χ1) is 23.2. The molecule has 2 amide bonds. The lowest BCUT2D eigenvalue weighted by molar-refractivity contribution is -0.392. The second-order valence-corrected chi connectivity index (χ2v) is 14.2. The van der Waals surface area contributed by atoms with Crippen molar-refractivity contribution in [3.8, 4) is 0 Å². The molecule has 0 saturated carbocycles. The molecule has 2 aliphatic rings. The molecule has 2 heterocycles. The quantitative estimate of drug-likeness (QED) is 0.208. The second kappa shape index (κ2) is 13.1. The van der Waals surface area contributed by atoms with E-state index in [1.54, 1.807) is 0 Å². The van der Waals surface area contributed by atoms with Gasteiger partial charge < -0.3 is 19.6 Å². The Labute approximate surface area is 279 Å². The third-order valence-electron chi connectivity index (χ3n) is 9.06. The number of rotatable bonds is 8. The number of ether oxygens (including phenoxy) is 1. The van der Waals surface area contributed by atoms with Gasteiger partial charge in [0.25, 0.3) is 5.60 Å². The number of benzene rings is 3. The van der Waals surface area contributed by atoms with E-state index in [9.17, 15) is 62.6 Å². The summed E-state index contributed by atoms with van der Waals surface area (Å²) in [4.78, 5) is 26.6. The Kier molecular flexibility index (Phi) is 9.68. The highest BCUT2D eigenvalue weighted by atomic mass is 32.2. The number of carboxylic acid groups (broad SMARTS) is 1. The molecule has 0 spiro atoms. The minimum Gasteiger partial charge on any atom is -0.481 e. The summed E-state index contributed by atoms with van der Waals surface area (Å²) in [7, 11) is -4.68. The topological polar surface area (TPSA) is 104 Å². The normalized spacial score (nSPS) is 20.4. The fourth-order valence-corrected chi connectivity index (χ4v) is 8.40. The van der Waals surface area contributed by atoms with E-state index in [1.165, 1.54) is 4.90 Å². The van der Waals surface area contributed by atoms with Crippen molar-refractivity contribution in [2.45, 2.75) is 47.0 Å². The van der Waals surface area contributed by atoms with Crippen LogP contribution in [0.15, 0.2) is 71.6 Å². The summed E-state index contributed by atoms with van der Waals surface area (Å²) in [6, 6.07) is 6.88. The molecule has 0 aromatic heterocycles. The molecule has 2 fully saturated rings. The Balaban J connectivity index is 1.58. The van der Waals surface area contributed by atoms with Crippen LogP contribution in [-0.2, 0) is 36.3 Å². The molecule has 1 N–H and O–H groups in total. The molecule has 8 nitrogen and oxygen atoms in total. The number of carbonyl (C=O) groups is 2. The predicted octanol–water partition coefficient (Wildman–Crippen LogP) is 6.54. The highest BCUT2D eigenvalue weighted by molar-refractivity contribution is 7.92. The molecular weight excluding hydrogens is 711 g/mol. The number of urea groups is 1. The van der Waals surface area contributed by atoms with Crippen LogP contribution in [0.5, 0.6) is 0 Å². The monoisotopic (exact) mass is 738 g/mol. The maximum Gasteiger partial charge on any atom is 0.430 e. The fourth-order valence-electron chi connectivity index (χ4n) is 6.32. The van der Waals surface area contributed by atoms with Gasteiger partial charge in [0.05, 0.1) is 17.4 Å². The van der Waals surface area contributed by atoms with E-state index in [2.05, 4.69) is 4.74 Å². The SMILES string of the molecule is O=C(O)C1CCN(C(=O)N2CC[C@](c3ccc(C(OCc4c(F)cccc4F)(C(F)(F)F)C(F)(F)F)cc3)(S(=O)(=O)c3ccc(F)cc3)C2)C1. The zero-order valence-corrected chi connectivity index (χ0v) is 26.4. The zero-order chi connectivity index (χ0) is 36.9. The van der Waals surface area contributed by atoms with E-state index in [4.69, 9.17) is 0 Å². The van der Waals surface area contributed by atoms with Gasteiger partial charge in [0.1, 0.15) is 22.2 Å². The van der Waals surface area contributed by atoms with Crippen LogP contribution < -0.4 is 0 Å². The number of carbonyl (C=O) groups excluding carboxylic acids is 1. The van der Waals surface area contributed by atoms with Crippen LogP contribution in [0.2, 0.25) is 0 Å². The van der Waals surface area contributed by atoms with E-state index in [-0.39, 0.29) is 31.6 Å².